The highest BCUT2D eigenvalue weighted by Crippen LogP contribution is 2.52. The van der Waals surface area contributed by atoms with Crippen molar-refractivity contribution in [2.45, 2.75) is 31.1 Å². The van der Waals surface area contributed by atoms with Crippen LogP contribution in [-0.4, -0.2) is 65.9 Å². The fraction of sp³-hybridized carbons (Fsp3) is 0.375. The molecule has 2 N–H and O–H groups in total. The zero-order chi connectivity index (χ0) is 24.3. The average Bonchev–Trinajstić information content (AvgIpc) is 3.49. The molecular formula is C24H22F2N2O6. The van der Waals surface area contributed by atoms with Crippen LogP contribution in [0.4, 0.5) is 8.78 Å². The molecule has 3 aliphatic rings. The van der Waals surface area contributed by atoms with E-state index in [-0.39, 0.29) is 54.0 Å². The number of ether oxygens (including phenoxy) is 2. The molecule has 2 amide bonds. The molecule has 10 heteroatoms. The summed E-state index contributed by atoms with van der Waals surface area (Å²) in [5.74, 6) is -7.02. The molecule has 178 valence electrons. The van der Waals surface area contributed by atoms with Gasteiger partial charge in [0.1, 0.15) is 0 Å². The Balaban J connectivity index is 1.34. The standard InChI is InChI=1S/C24H22F2N2O6/c1-13-10-14(11-16-15-4-2-3-5-17(15)24(25,26)19(13)16)21(30)27-12-18(29)28-7-6-23(20(28)22(31)32)33-8-9-34-23/h2-5,10-11,20H,6-9,12H2,1H3,(H,27,30)(H,31,32)/t20-/m1/s1. The van der Waals surface area contributed by atoms with E-state index in [4.69, 9.17) is 9.47 Å². The van der Waals surface area contributed by atoms with Gasteiger partial charge in [-0.25, -0.2) is 4.79 Å². The van der Waals surface area contributed by atoms with Gasteiger partial charge in [0.15, 0.2) is 6.04 Å². The van der Waals surface area contributed by atoms with E-state index >= 15 is 0 Å². The first-order valence-corrected chi connectivity index (χ1v) is 10.9. The lowest BCUT2D eigenvalue weighted by atomic mass is 9.97. The van der Waals surface area contributed by atoms with E-state index in [2.05, 4.69) is 5.32 Å². The van der Waals surface area contributed by atoms with Gasteiger partial charge in [-0.05, 0) is 35.7 Å². The molecule has 8 nitrogen and oxygen atoms in total. The minimum atomic E-state index is -3.16. The van der Waals surface area contributed by atoms with E-state index in [1.807, 2.05) is 0 Å². The molecule has 1 atom stereocenters. The Hall–Kier alpha value is -3.37. The Morgan fingerprint density at radius 3 is 2.56 bits per heavy atom. The average molecular weight is 472 g/mol. The minimum Gasteiger partial charge on any atom is -0.480 e. The zero-order valence-corrected chi connectivity index (χ0v) is 18.3. The van der Waals surface area contributed by atoms with Crippen LogP contribution in [0.2, 0.25) is 0 Å². The van der Waals surface area contributed by atoms with E-state index < -0.39 is 42.1 Å². The third-order valence-electron chi connectivity index (χ3n) is 6.63. The van der Waals surface area contributed by atoms with Crippen molar-refractivity contribution in [3.05, 3.63) is 58.7 Å². The Morgan fingerprint density at radius 2 is 1.85 bits per heavy atom. The number of fused-ring (bicyclic) bond motifs is 3. The van der Waals surface area contributed by atoms with Crippen LogP contribution >= 0.6 is 0 Å². The fourth-order valence-electron chi connectivity index (χ4n) is 5.18. The predicted molar refractivity (Wildman–Crippen MR) is 114 cm³/mol. The highest BCUT2D eigenvalue weighted by molar-refractivity contribution is 5.99. The quantitative estimate of drug-likeness (QED) is 0.708. The highest BCUT2D eigenvalue weighted by Gasteiger charge is 2.57. The zero-order valence-electron chi connectivity index (χ0n) is 18.3. The number of halogens is 2. The van der Waals surface area contributed by atoms with Crippen LogP contribution in [0.1, 0.15) is 33.5 Å². The SMILES string of the molecule is Cc1cc(C(=O)NCC(=O)N2CCC3(OCCO3)[C@H]2C(=O)O)cc2c1C(F)(F)c1ccccc1-2. The van der Waals surface area contributed by atoms with Gasteiger partial charge in [0.2, 0.25) is 11.7 Å². The van der Waals surface area contributed by atoms with Crippen molar-refractivity contribution in [3.63, 3.8) is 0 Å². The number of hydrogen-bond donors (Lipinski definition) is 2. The molecule has 34 heavy (non-hydrogen) atoms. The number of rotatable bonds is 4. The van der Waals surface area contributed by atoms with Gasteiger partial charge in [0.05, 0.1) is 19.8 Å². The van der Waals surface area contributed by atoms with Crippen LogP contribution in [0.3, 0.4) is 0 Å². The number of benzene rings is 2. The number of hydrogen-bond acceptors (Lipinski definition) is 5. The van der Waals surface area contributed by atoms with Crippen molar-refractivity contribution in [1.29, 1.82) is 0 Å². The molecule has 0 aromatic heterocycles. The van der Waals surface area contributed by atoms with Crippen molar-refractivity contribution < 1.29 is 37.7 Å². The maximum atomic E-state index is 15.0. The van der Waals surface area contributed by atoms with E-state index in [9.17, 15) is 28.3 Å². The second kappa shape index (κ2) is 7.85. The summed E-state index contributed by atoms with van der Waals surface area (Å²) < 4.78 is 40.9. The van der Waals surface area contributed by atoms with Crippen molar-refractivity contribution in [2.75, 3.05) is 26.3 Å². The molecule has 2 heterocycles. The number of aryl methyl sites for hydroxylation is 1. The molecule has 1 spiro atoms. The number of amides is 2. The van der Waals surface area contributed by atoms with Crippen LogP contribution < -0.4 is 5.32 Å². The van der Waals surface area contributed by atoms with Crippen LogP contribution in [0.15, 0.2) is 36.4 Å². The number of likely N-dealkylation sites (tertiary alicyclic amines) is 1. The van der Waals surface area contributed by atoms with Crippen molar-refractivity contribution >= 4 is 17.8 Å². The molecule has 0 bridgehead atoms. The first kappa shape index (κ1) is 22.4. The number of alkyl halides is 2. The third-order valence-corrected chi connectivity index (χ3v) is 6.63. The molecule has 2 fully saturated rings. The van der Waals surface area contributed by atoms with Crippen LogP contribution in [0.5, 0.6) is 0 Å². The maximum absolute atomic E-state index is 15.0. The minimum absolute atomic E-state index is 0.107. The van der Waals surface area contributed by atoms with Gasteiger partial charge in [-0.2, -0.15) is 8.78 Å². The lowest BCUT2D eigenvalue weighted by Crippen LogP contribution is -2.54. The number of nitrogens with one attached hydrogen (secondary N) is 1. The monoisotopic (exact) mass is 472 g/mol. The second-order valence-electron chi connectivity index (χ2n) is 8.61. The number of carbonyl (C=O) groups is 3. The summed E-state index contributed by atoms with van der Waals surface area (Å²) in [6, 6.07) is 7.59. The summed E-state index contributed by atoms with van der Waals surface area (Å²) in [4.78, 5) is 38.6. The summed E-state index contributed by atoms with van der Waals surface area (Å²) in [5.41, 5.74) is 0.786. The van der Waals surface area contributed by atoms with Gasteiger partial charge in [-0.1, -0.05) is 24.3 Å². The molecule has 5 rings (SSSR count). The summed E-state index contributed by atoms with van der Waals surface area (Å²) in [6.07, 6.45) is 0.210. The van der Waals surface area contributed by atoms with Crippen LogP contribution in [0, 0.1) is 6.92 Å². The van der Waals surface area contributed by atoms with Crippen molar-refractivity contribution in [1.82, 2.24) is 10.2 Å². The fourth-order valence-corrected chi connectivity index (χ4v) is 5.18. The molecule has 2 aliphatic heterocycles. The molecule has 0 unspecified atom stereocenters. The van der Waals surface area contributed by atoms with Crippen molar-refractivity contribution in [2.24, 2.45) is 0 Å². The molecule has 2 aromatic rings. The smallest absolute Gasteiger partial charge is 0.332 e. The predicted octanol–water partition coefficient (Wildman–Crippen LogP) is 2.27. The van der Waals surface area contributed by atoms with E-state index in [1.165, 1.54) is 25.1 Å². The van der Waals surface area contributed by atoms with E-state index in [0.29, 0.717) is 5.56 Å². The van der Waals surface area contributed by atoms with Gasteiger partial charge < -0.3 is 24.8 Å². The van der Waals surface area contributed by atoms with E-state index in [0.717, 1.165) is 4.90 Å². The number of aliphatic carboxylic acids is 1. The first-order valence-electron chi connectivity index (χ1n) is 10.9. The molecule has 0 radical (unpaired) electrons. The molecule has 0 saturated carbocycles. The summed E-state index contributed by atoms with van der Waals surface area (Å²) in [6.45, 7) is 1.64. The normalized spacial score (nSPS) is 21.4. The van der Waals surface area contributed by atoms with Crippen LogP contribution in [0.25, 0.3) is 11.1 Å². The summed E-state index contributed by atoms with van der Waals surface area (Å²) >= 11 is 0. The molecule has 1 aliphatic carbocycles. The topological polar surface area (TPSA) is 105 Å². The van der Waals surface area contributed by atoms with Crippen LogP contribution in [-0.2, 0) is 25.0 Å². The van der Waals surface area contributed by atoms with Gasteiger partial charge in [0.25, 0.3) is 11.8 Å². The highest BCUT2D eigenvalue weighted by atomic mass is 19.3. The molecule has 2 aromatic carbocycles. The summed E-state index contributed by atoms with van der Waals surface area (Å²) in [7, 11) is 0. The van der Waals surface area contributed by atoms with Crippen molar-refractivity contribution in [3.8, 4) is 11.1 Å². The number of carboxylic acid groups (broad SMARTS) is 1. The van der Waals surface area contributed by atoms with Gasteiger partial charge >= 0.3 is 5.97 Å². The Bertz CT molecular complexity index is 1210. The summed E-state index contributed by atoms with van der Waals surface area (Å²) in [5, 5.41) is 12.1. The van der Waals surface area contributed by atoms with E-state index in [1.54, 1.807) is 18.2 Å². The third kappa shape index (κ3) is 3.28. The number of carbonyl (C=O) groups excluding carboxylic acids is 2. The maximum Gasteiger partial charge on any atom is 0.332 e. The largest absolute Gasteiger partial charge is 0.480 e. The Morgan fingerprint density at radius 1 is 1.15 bits per heavy atom. The lowest BCUT2D eigenvalue weighted by Gasteiger charge is -2.30. The molecular weight excluding hydrogens is 450 g/mol. The van der Waals surface area contributed by atoms with Gasteiger partial charge in [0, 0.05) is 29.7 Å². The molecule has 2 saturated heterocycles. The number of nitrogens with zero attached hydrogens (tertiary/aromatic N) is 1. The number of carboxylic acids is 1. The lowest BCUT2D eigenvalue weighted by molar-refractivity contribution is -0.191. The van der Waals surface area contributed by atoms with Gasteiger partial charge in [-0.3, -0.25) is 9.59 Å². The Kier molecular flexibility index (Phi) is 5.18. The van der Waals surface area contributed by atoms with Gasteiger partial charge in [-0.15, -0.1) is 0 Å². The second-order valence-corrected chi connectivity index (χ2v) is 8.61. The Labute approximate surface area is 193 Å². The first-order chi connectivity index (χ1) is 16.2.